The van der Waals surface area contributed by atoms with Crippen LogP contribution >= 0.6 is 0 Å². The zero-order chi connectivity index (χ0) is 10.7. The predicted octanol–water partition coefficient (Wildman–Crippen LogP) is -1.28. The molecule has 0 bridgehead atoms. The van der Waals surface area contributed by atoms with Crippen molar-refractivity contribution in [3.63, 3.8) is 0 Å². The maximum Gasteiger partial charge on any atom is 1.00 e. The van der Waals surface area contributed by atoms with E-state index in [0.717, 1.165) is 11.1 Å². The summed E-state index contributed by atoms with van der Waals surface area (Å²) < 4.78 is 0. The molecule has 2 aromatic rings. The van der Waals surface area contributed by atoms with Crippen molar-refractivity contribution in [3.8, 4) is 11.1 Å². The molecule has 74 valence electrons. The normalized spacial score (nSPS) is 9.25. The van der Waals surface area contributed by atoms with E-state index in [1.54, 1.807) is 24.3 Å². The number of carbonyl (C=O) groups is 1. The second-order valence-corrected chi connectivity index (χ2v) is 3.23. The van der Waals surface area contributed by atoms with Crippen LogP contribution in [-0.4, -0.2) is 5.97 Å². The minimum Gasteiger partial charge on any atom is -0.545 e. The molecule has 2 nitrogen and oxygen atoms in total. The first-order chi connectivity index (χ1) is 7.27. The fraction of sp³-hybridized carbons (Fsp3) is 0. The molecule has 0 atom stereocenters. The van der Waals surface area contributed by atoms with Crippen LogP contribution in [0.5, 0.6) is 0 Å². The summed E-state index contributed by atoms with van der Waals surface area (Å²) in [6, 6.07) is 16.5. The topological polar surface area (TPSA) is 40.1 Å². The van der Waals surface area contributed by atoms with E-state index in [9.17, 15) is 9.90 Å². The Kier molecular flexibility index (Phi) is 4.74. The van der Waals surface area contributed by atoms with Gasteiger partial charge < -0.3 is 9.90 Å². The van der Waals surface area contributed by atoms with Gasteiger partial charge in [-0.15, -0.1) is 0 Å². The summed E-state index contributed by atoms with van der Waals surface area (Å²) in [5, 5.41) is 10.5. The zero-order valence-electron chi connectivity index (χ0n) is 9.01. The molecule has 2 aromatic carbocycles. The van der Waals surface area contributed by atoms with Gasteiger partial charge in [0.15, 0.2) is 0 Å². The Morgan fingerprint density at radius 1 is 0.812 bits per heavy atom. The quantitative estimate of drug-likeness (QED) is 0.591. The second-order valence-electron chi connectivity index (χ2n) is 3.23. The Morgan fingerprint density at radius 3 is 1.81 bits per heavy atom. The number of hydrogen-bond donors (Lipinski definition) is 0. The monoisotopic (exact) mass is 220 g/mol. The van der Waals surface area contributed by atoms with Crippen LogP contribution in [0.3, 0.4) is 0 Å². The third-order valence-corrected chi connectivity index (χ3v) is 2.23. The number of rotatable bonds is 2. The van der Waals surface area contributed by atoms with E-state index in [4.69, 9.17) is 0 Å². The predicted molar refractivity (Wildman–Crippen MR) is 56.2 cm³/mol. The molecule has 0 saturated carbocycles. The maximum absolute atomic E-state index is 10.5. The number of carboxylic acids is 1. The van der Waals surface area contributed by atoms with Crippen LogP contribution in [0.4, 0.5) is 0 Å². The number of hydrogen-bond acceptors (Lipinski definition) is 2. The van der Waals surface area contributed by atoms with Gasteiger partial charge in [-0.3, -0.25) is 0 Å². The molecule has 0 heterocycles. The second kappa shape index (κ2) is 5.85. The molecule has 0 radical (unpaired) electrons. The van der Waals surface area contributed by atoms with Gasteiger partial charge in [-0.05, 0) is 16.7 Å². The summed E-state index contributed by atoms with van der Waals surface area (Å²) in [7, 11) is 0. The SMILES string of the molecule is O=C([O-])c1ccc(-c2ccccc2)cc1.[Na+]. The number of carbonyl (C=O) groups excluding carboxylic acids is 1. The third-order valence-electron chi connectivity index (χ3n) is 2.23. The Morgan fingerprint density at radius 2 is 1.31 bits per heavy atom. The van der Waals surface area contributed by atoms with Gasteiger partial charge in [0.2, 0.25) is 0 Å². The number of carboxylic acid groups (broad SMARTS) is 1. The van der Waals surface area contributed by atoms with Crippen molar-refractivity contribution in [1.29, 1.82) is 0 Å². The number of aromatic carboxylic acids is 1. The molecule has 3 heteroatoms. The van der Waals surface area contributed by atoms with Gasteiger partial charge in [0, 0.05) is 0 Å². The van der Waals surface area contributed by atoms with Gasteiger partial charge in [0.05, 0.1) is 5.97 Å². The van der Waals surface area contributed by atoms with E-state index in [0.29, 0.717) is 0 Å². The van der Waals surface area contributed by atoms with Gasteiger partial charge in [0.1, 0.15) is 0 Å². The molecule has 0 unspecified atom stereocenters. The van der Waals surface area contributed by atoms with Crippen molar-refractivity contribution in [2.75, 3.05) is 0 Å². The molecular formula is C13H9NaO2. The molecule has 0 aromatic heterocycles. The molecule has 0 aliphatic rings. The van der Waals surface area contributed by atoms with Gasteiger partial charge in [-0.1, -0.05) is 54.6 Å². The third kappa shape index (κ3) is 2.95. The molecule has 0 fully saturated rings. The first-order valence-corrected chi connectivity index (χ1v) is 4.64. The molecule has 2 rings (SSSR count). The molecule has 0 aliphatic carbocycles. The summed E-state index contributed by atoms with van der Waals surface area (Å²) >= 11 is 0. The van der Waals surface area contributed by atoms with Gasteiger partial charge in [0.25, 0.3) is 0 Å². The van der Waals surface area contributed by atoms with Crippen LogP contribution < -0.4 is 34.7 Å². The van der Waals surface area contributed by atoms with E-state index >= 15 is 0 Å². The van der Waals surface area contributed by atoms with Crippen molar-refractivity contribution >= 4 is 5.97 Å². The van der Waals surface area contributed by atoms with Crippen LogP contribution in [0, 0.1) is 0 Å². The molecule has 0 amide bonds. The fourth-order valence-electron chi connectivity index (χ4n) is 1.43. The summed E-state index contributed by atoms with van der Waals surface area (Å²) in [4.78, 5) is 10.5. The average Bonchev–Trinajstić information content (AvgIpc) is 2.30. The van der Waals surface area contributed by atoms with Crippen LogP contribution in [0.1, 0.15) is 10.4 Å². The Labute approximate surface area is 116 Å². The average molecular weight is 220 g/mol. The van der Waals surface area contributed by atoms with E-state index in [1.165, 1.54) is 0 Å². The minimum absolute atomic E-state index is 0. The molecular weight excluding hydrogens is 211 g/mol. The van der Waals surface area contributed by atoms with E-state index in [-0.39, 0.29) is 35.1 Å². The van der Waals surface area contributed by atoms with Crippen molar-refractivity contribution in [2.45, 2.75) is 0 Å². The smallest absolute Gasteiger partial charge is 0.545 e. The van der Waals surface area contributed by atoms with Crippen LogP contribution in [-0.2, 0) is 0 Å². The summed E-state index contributed by atoms with van der Waals surface area (Å²) in [5.74, 6) is -1.14. The van der Waals surface area contributed by atoms with E-state index < -0.39 is 5.97 Å². The van der Waals surface area contributed by atoms with Gasteiger partial charge in [-0.25, -0.2) is 0 Å². The summed E-state index contributed by atoms with van der Waals surface area (Å²) in [5.41, 5.74) is 2.28. The van der Waals surface area contributed by atoms with Crippen molar-refractivity contribution < 1.29 is 39.5 Å². The molecule has 0 spiro atoms. The maximum atomic E-state index is 10.5. The van der Waals surface area contributed by atoms with Crippen molar-refractivity contribution in [1.82, 2.24) is 0 Å². The van der Waals surface area contributed by atoms with E-state index in [2.05, 4.69) is 0 Å². The van der Waals surface area contributed by atoms with Crippen LogP contribution in [0.25, 0.3) is 11.1 Å². The first kappa shape index (κ1) is 13.0. The minimum atomic E-state index is -1.14. The van der Waals surface area contributed by atoms with Gasteiger partial charge in [-0.2, -0.15) is 0 Å². The Balaban J connectivity index is 0.00000128. The first-order valence-electron chi connectivity index (χ1n) is 4.64. The molecule has 0 N–H and O–H groups in total. The van der Waals surface area contributed by atoms with Crippen molar-refractivity contribution in [2.24, 2.45) is 0 Å². The Hall–Kier alpha value is -1.09. The largest absolute Gasteiger partial charge is 1.00 e. The zero-order valence-corrected chi connectivity index (χ0v) is 11.0. The summed E-state index contributed by atoms with van der Waals surface area (Å²) in [6.07, 6.45) is 0. The summed E-state index contributed by atoms with van der Waals surface area (Å²) in [6.45, 7) is 0. The molecule has 16 heavy (non-hydrogen) atoms. The molecule has 0 saturated heterocycles. The van der Waals surface area contributed by atoms with Crippen molar-refractivity contribution in [3.05, 3.63) is 60.2 Å². The Bertz CT molecular complexity index is 463. The standard InChI is InChI=1S/C13H10O2.Na/c14-13(15)12-8-6-11(7-9-12)10-4-2-1-3-5-10;/h1-9H,(H,14,15);/q;+1/p-1. The molecule has 0 aliphatic heterocycles. The van der Waals surface area contributed by atoms with Crippen LogP contribution in [0.2, 0.25) is 0 Å². The fourth-order valence-corrected chi connectivity index (χ4v) is 1.43. The van der Waals surface area contributed by atoms with E-state index in [1.807, 2.05) is 30.3 Å². The number of benzene rings is 2. The van der Waals surface area contributed by atoms with Gasteiger partial charge >= 0.3 is 29.6 Å². The van der Waals surface area contributed by atoms with Crippen LogP contribution in [0.15, 0.2) is 54.6 Å².